The number of sulfonamides is 2. The third-order valence-electron chi connectivity index (χ3n) is 2.98. The predicted octanol–water partition coefficient (Wildman–Crippen LogP) is 1.34. The summed E-state index contributed by atoms with van der Waals surface area (Å²) in [5, 5.41) is -0.556. The number of anilines is 2. The highest BCUT2D eigenvalue weighted by Gasteiger charge is 2.24. The van der Waals surface area contributed by atoms with Crippen LogP contribution in [0.15, 0.2) is 18.2 Å². The maximum atomic E-state index is 11.8. The fourth-order valence-corrected chi connectivity index (χ4v) is 3.85. The molecule has 2 rings (SSSR count). The molecule has 0 fully saturated rings. The molecule has 0 unspecified atom stereocenters. The molecule has 0 saturated heterocycles. The van der Waals surface area contributed by atoms with E-state index in [9.17, 15) is 16.8 Å². The molecule has 1 aromatic rings. The van der Waals surface area contributed by atoms with E-state index < -0.39 is 25.3 Å². The number of alkyl halides is 1. The van der Waals surface area contributed by atoms with Crippen LogP contribution in [0.4, 0.5) is 11.4 Å². The topological polar surface area (TPSA) is 83.6 Å². The number of nitrogens with one attached hydrogen (secondary N) is 1. The lowest BCUT2D eigenvalue weighted by atomic mass is 10.0. The van der Waals surface area contributed by atoms with Gasteiger partial charge in [-0.2, -0.15) is 0 Å². The molecule has 1 heterocycles. The fraction of sp³-hybridized carbons (Fsp3) is 0.455. The van der Waals surface area contributed by atoms with Gasteiger partial charge in [0, 0.05) is 6.54 Å². The molecule has 0 atom stereocenters. The molecule has 0 aliphatic carbocycles. The van der Waals surface area contributed by atoms with Crippen LogP contribution in [0.3, 0.4) is 0 Å². The van der Waals surface area contributed by atoms with Crippen molar-refractivity contribution in [2.24, 2.45) is 0 Å². The van der Waals surface area contributed by atoms with Gasteiger partial charge in [0.2, 0.25) is 20.0 Å². The Kier molecular flexibility index (Phi) is 4.17. The molecule has 1 N–H and O–H groups in total. The molecule has 1 aliphatic heterocycles. The largest absolute Gasteiger partial charge is 0.282 e. The Labute approximate surface area is 123 Å². The van der Waals surface area contributed by atoms with Crippen molar-refractivity contribution in [2.45, 2.75) is 12.8 Å². The smallest absolute Gasteiger partial charge is 0.246 e. The van der Waals surface area contributed by atoms with E-state index in [4.69, 9.17) is 11.6 Å². The second-order valence-electron chi connectivity index (χ2n) is 4.61. The van der Waals surface area contributed by atoms with Crippen molar-refractivity contribution >= 4 is 43.0 Å². The molecule has 1 aromatic carbocycles. The molecule has 9 heteroatoms. The highest BCUT2D eigenvalue weighted by atomic mass is 35.5. The van der Waals surface area contributed by atoms with Crippen LogP contribution in [0.1, 0.15) is 12.0 Å². The summed E-state index contributed by atoms with van der Waals surface area (Å²) in [5.41, 5.74) is 1.71. The van der Waals surface area contributed by atoms with Crippen LogP contribution in [0, 0.1) is 0 Å². The molecule has 0 aromatic heterocycles. The standard InChI is InChI=1S/C11H15ClN2O4S2/c1-19(15,16)14-6-2-3-9-4-5-10(7-11(9)14)13-20(17,18)8-12/h4-5,7,13H,2-3,6,8H2,1H3. The van der Waals surface area contributed by atoms with Crippen LogP contribution >= 0.6 is 11.6 Å². The van der Waals surface area contributed by atoms with E-state index in [0.29, 0.717) is 17.9 Å². The Bertz CT molecular complexity index is 716. The molecule has 0 saturated carbocycles. The summed E-state index contributed by atoms with van der Waals surface area (Å²) in [6.07, 6.45) is 2.65. The predicted molar refractivity (Wildman–Crippen MR) is 80.2 cm³/mol. The summed E-state index contributed by atoms with van der Waals surface area (Å²) in [6.45, 7) is 0.400. The Morgan fingerprint density at radius 1 is 1.30 bits per heavy atom. The minimum absolute atomic E-state index is 0.306. The van der Waals surface area contributed by atoms with Gasteiger partial charge in [-0.1, -0.05) is 6.07 Å². The van der Waals surface area contributed by atoms with E-state index >= 15 is 0 Å². The van der Waals surface area contributed by atoms with Gasteiger partial charge in [-0.15, -0.1) is 11.6 Å². The zero-order chi connectivity index (χ0) is 15.0. The van der Waals surface area contributed by atoms with Crippen LogP contribution in [-0.2, 0) is 26.5 Å². The molecule has 6 nitrogen and oxygen atoms in total. The maximum Gasteiger partial charge on any atom is 0.246 e. The van der Waals surface area contributed by atoms with Crippen LogP contribution in [0.25, 0.3) is 0 Å². The average molecular weight is 339 g/mol. The van der Waals surface area contributed by atoms with Crippen LogP contribution < -0.4 is 9.03 Å². The van der Waals surface area contributed by atoms with Gasteiger partial charge >= 0.3 is 0 Å². The molecular formula is C11H15ClN2O4S2. The van der Waals surface area contributed by atoms with E-state index in [0.717, 1.165) is 24.7 Å². The Balaban J connectivity index is 2.43. The number of hydrogen-bond donors (Lipinski definition) is 1. The van der Waals surface area contributed by atoms with E-state index in [1.54, 1.807) is 12.1 Å². The second-order valence-corrected chi connectivity index (χ2v) is 8.82. The fourth-order valence-electron chi connectivity index (χ4n) is 2.16. The van der Waals surface area contributed by atoms with Gasteiger partial charge in [0.15, 0.2) is 0 Å². The van der Waals surface area contributed by atoms with Crippen molar-refractivity contribution in [1.82, 2.24) is 0 Å². The van der Waals surface area contributed by atoms with Crippen molar-refractivity contribution in [3.8, 4) is 0 Å². The van der Waals surface area contributed by atoms with Crippen molar-refractivity contribution in [3.05, 3.63) is 23.8 Å². The summed E-state index contributed by atoms with van der Waals surface area (Å²) in [6, 6.07) is 4.87. The summed E-state index contributed by atoms with van der Waals surface area (Å²) >= 11 is 5.33. The van der Waals surface area contributed by atoms with Crippen molar-refractivity contribution in [2.75, 3.05) is 27.0 Å². The number of fused-ring (bicyclic) bond motifs is 1. The van der Waals surface area contributed by atoms with Gasteiger partial charge in [-0.25, -0.2) is 16.8 Å². The Morgan fingerprint density at radius 2 is 2.00 bits per heavy atom. The number of nitrogens with zero attached hydrogens (tertiary/aromatic N) is 1. The first-order chi connectivity index (χ1) is 9.23. The molecular weight excluding hydrogens is 324 g/mol. The lowest BCUT2D eigenvalue weighted by molar-refractivity contribution is 0.592. The monoisotopic (exact) mass is 338 g/mol. The van der Waals surface area contributed by atoms with E-state index in [2.05, 4.69) is 4.72 Å². The lowest BCUT2D eigenvalue weighted by Gasteiger charge is -2.29. The summed E-state index contributed by atoms with van der Waals surface area (Å²) in [7, 11) is -6.98. The number of rotatable bonds is 4. The quantitative estimate of drug-likeness (QED) is 0.840. The molecule has 112 valence electrons. The van der Waals surface area contributed by atoms with Gasteiger partial charge in [-0.3, -0.25) is 9.03 Å². The van der Waals surface area contributed by atoms with Crippen molar-refractivity contribution in [3.63, 3.8) is 0 Å². The first kappa shape index (κ1) is 15.4. The van der Waals surface area contributed by atoms with Gasteiger partial charge in [0.25, 0.3) is 0 Å². The second kappa shape index (κ2) is 5.42. The number of hydrogen-bond acceptors (Lipinski definition) is 4. The third kappa shape index (κ3) is 3.36. The van der Waals surface area contributed by atoms with Crippen molar-refractivity contribution < 1.29 is 16.8 Å². The SMILES string of the molecule is CS(=O)(=O)N1CCCc2ccc(NS(=O)(=O)CCl)cc21. The number of halogens is 1. The molecule has 20 heavy (non-hydrogen) atoms. The molecule has 0 amide bonds. The van der Waals surface area contributed by atoms with E-state index in [1.165, 1.54) is 10.4 Å². The molecule has 0 spiro atoms. The lowest BCUT2D eigenvalue weighted by Crippen LogP contribution is -2.34. The Hall–Kier alpha value is -0.990. The van der Waals surface area contributed by atoms with Gasteiger partial charge in [-0.05, 0) is 30.5 Å². The highest BCUT2D eigenvalue weighted by molar-refractivity contribution is 7.93. The average Bonchev–Trinajstić information content (AvgIpc) is 2.36. The zero-order valence-corrected chi connectivity index (χ0v) is 13.2. The third-order valence-corrected chi connectivity index (χ3v) is 5.85. The van der Waals surface area contributed by atoms with Crippen LogP contribution in [0.2, 0.25) is 0 Å². The van der Waals surface area contributed by atoms with Gasteiger partial charge in [0.05, 0.1) is 17.6 Å². The van der Waals surface area contributed by atoms with Crippen LogP contribution in [-0.4, -0.2) is 34.8 Å². The van der Waals surface area contributed by atoms with Gasteiger partial charge in [0.1, 0.15) is 5.21 Å². The minimum atomic E-state index is -3.60. The van der Waals surface area contributed by atoms with Crippen LogP contribution in [0.5, 0.6) is 0 Å². The summed E-state index contributed by atoms with van der Waals surface area (Å²) in [5.74, 6) is 0. The maximum absolute atomic E-state index is 11.8. The number of benzene rings is 1. The molecule has 0 radical (unpaired) electrons. The van der Waals surface area contributed by atoms with E-state index in [-0.39, 0.29) is 0 Å². The van der Waals surface area contributed by atoms with E-state index in [1.807, 2.05) is 0 Å². The minimum Gasteiger partial charge on any atom is -0.282 e. The Morgan fingerprint density at radius 3 is 2.60 bits per heavy atom. The molecule has 1 aliphatic rings. The highest BCUT2D eigenvalue weighted by Crippen LogP contribution is 2.31. The number of aryl methyl sites for hydroxylation is 1. The first-order valence-electron chi connectivity index (χ1n) is 5.90. The van der Waals surface area contributed by atoms with Crippen molar-refractivity contribution in [1.29, 1.82) is 0 Å². The summed E-state index contributed by atoms with van der Waals surface area (Å²) in [4.78, 5) is 0. The zero-order valence-electron chi connectivity index (χ0n) is 10.8. The molecule has 0 bridgehead atoms. The normalized spacial score (nSPS) is 15.8. The van der Waals surface area contributed by atoms with Gasteiger partial charge < -0.3 is 0 Å². The summed E-state index contributed by atoms with van der Waals surface area (Å²) < 4.78 is 50.0. The first-order valence-corrected chi connectivity index (χ1v) is 9.93.